The van der Waals surface area contributed by atoms with E-state index in [-0.39, 0.29) is 16.4 Å². The Balaban J connectivity index is 1.32. The van der Waals surface area contributed by atoms with Crippen LogP contribution in [0.5, 0.6) is 0 Å². The summed E-state index contributed by atoms with van der Waals surface area (Å²) in [7, 11) is -3.45. The van der Waals surface area contributed by atoms with Crippen LogP contribution in [0.25, 0.3) is 0 Å². The zero-order chi connectivity index (χ0) is 21.8. The summed E-state index contributed by atoms with van der Waals surface area (Å²) >= 11 is 0. The Hall–Kier alpha value is -3.14. The molecule has 1 aromatic heterocycles. The Bertz CT molecular complexity index is 1170. The van der Waals surface area contributed by atoms with E-state index >= 15 is 0 Å². The van der Waals surface area contributed by atoms with Crippen LogP contribution in [0.3, 0.4) is 0 Å². The lowest BCUT2D eigenvalue weighted by molar-refractivity contribution is -0.117. The van der Waals surface area contributed by atoms with E-state index in [0.29, 0.717) is 17.4 Å². The smallest absolute Gasteiger partial charge is 0.278 e. The number of rotatable bonds is 5. The van der Waals surface area contributed by atoms with Gasteiger partial charge < -0.3 is 5.32 Å². The van der Waals surface area contributed by atoms with Gasteiger partial charge in [0.05, 0.1) is 22.1 Å². The lowest BCUT2D eigenvalue weighted by atomic mass is 10.00. The second-order valence-electron chi connectivity index (χ2n) is 7.90. The Morgan fingerprint density at radius 2 is 1.90 bits per heavy atom. The van der Waals surface area contributed by atoms with Crippen LogP contribution in [0.15, 0.2) is 59.5 Å². The standard InChI is InChI=1S/C22H22N4O4S/c1-13(21(27)23-20-12-18(24-25-20)15-6-7-15)14-8-10-16(11-9-14)26-22(28)17-4-2-3-5-19(17)31(26,29)30/h2-5,8-13,15,29-30H,6-7H2,1H3,(H2,23,24,25,27). The molecule has 0 saturated heterocycles. The van der Waals surface area contributed by atoms with E-state index in [2.05, 4.69) is 15.5 Å². The maximum atomic E-state index is 12.8. The largest absolute Gasteiger partial charge is 0.309 e. The van der Waals surface area contributed by atoms with E-state index in [1.54, 1.807) is 55.5 Å². The Morgan fingerprint density at radius 3 is 2.58 bits per heavy atom. The molecular weight excluding hydrogens is 416 g/mol. The van der Waals surface area contributed by atoms with Gasteiger partial charge in [-0.25, -0.2) is 0 Å². The fourth-order valence-corrected chi connectivity index (χ4v) is 5.41. The van der Waals surface area contributed by atoms with Crippen molar-refractivity contribution in [2.75, 3.05) is 9.62 Å². The molecule has 0 bridgehead atoms. The average Bonchev–Trinajstić information content (AvgIpc) is 3.48. The van der Waals surface area contributed by atoms with Crippen molar-refractivity contribution in [1.29, 1.82) is 0 Å². The van der Waals surface area contributed by atoms with E-state index < -0.39 is 22.6 Å². The molecule has 1 saturated carbocycles. The van der Waals surface area contributed by atoms with Crippen LogP contribution in [-0.2, 0) is 4.79 Å². The summed E-state index contributed by atoms with van der Waals surface area (Å²) in [6.07, 6.45) is 2.29. The number of carbonyl (C=O) groups excluding carboxylic acids is 2. The van der Waals surface area contributed by atoms with Gasteiger partial charge in [0, 0.05) is 17.7 Å². The van der Waals surface area contributed by atoms with Crippen molar-refractivity contribution in [3.8, 4) is 0 Å². The Morgan fingerprint density at radius 1 is 1.19 bits per heavy atom. The second kappa shape index (κ2) is 7.23. The maximum absolute atomic E-state index is 12.8. The lowest BCUT2D eigenvalue weighted by Gasteiger charge is -2.36. The topological polar surface area (TPSA) is 119 Å². The third kappa shape index (κ3) is 3.40. The van der Waals surface area contributed by atoms with Crippen molar-refractivity contribution in [3.63, 3.8) is 0 Å². The van der Waals surface area contributed by atoms with Crippen LogP contribution in [0.2, 0.25) is 0 Å². The highest BCUT2D eigenvalue weighted by Crippen LogP contribution is 2.60. The number of benzene rings is 2. The molecule has 0 radical (unpaired) electrons. The number of amides is 2. The van der Waals surface area contributed by atoms with Crippen LogP contribution < -0.4 is 9.62 Å². The SMILES string of the molecule is CC(C(=O)Nc1cc(C2CC2)[nH]n1)c1ccc(N2C(=O)c3ccccc3S2(O)O)cc1. The molecule has 5 rings (SSSR count). The predicted molar refractivity (Wildman–Crippen MR) is 118 cm³/mol. The number of carbonyl (C=O) groups is 2. The summed E-state index contributed by atoms with van der Waals surface area (Å²) in [6.45, 7) is 1.78. The number of aromatic amines is 1. The fourth-order valence-electron chi connectivity index (χ4n) is 3.76. The van der Waals surface area contributed by atoms with Crippen LogP contribution in [0.4, 0.5) is 11.5 Å². The fraction of sp³-hybridized carbons (Fsp3) is 0.227. The van der Waals surface area contributed by atoms with Crippen LogP contribution >= 0.6 is 10.8 Å². The van der Waals surface area contributed by atoms with Crippen molar-refractivity contribution in [2.45, 2.75) is 36.5 Å². The highest BCUT2D eigenvalue weighted by Gasteiger charge is 2.42. The van der Waals surface area contributed by atoms with Crippen LogP contribution in [-0.4, -0.2) is 31.1 Å². The third-order valence-corrected chi connectivity index (χ3v) is 7.57. The molecule has 3 aromatic rings. The highest BCUT2D eigenvalue weighted by molar-refractivity contribution is 8.26. The quantitative estimate of drug-likeness (QED) is 0.460. The molecule has 2 aromatic carbocycles. The van der Waals surface area contributed by atoms with E-state index in [0.717, 1.165) is 28.4 Å². The highest BCUT2D eigenvalue weighted by atomic mass is 32.3. The Labute approximate surface area is 180 Å². The zero-order valence-corrected chi connectivity index (χ0v) is 17.6. The lowest BCUT2D eigenvalue weighted by Crippen LogP contribution is -2.27. The summed E-state index contributed by atoms with van der Waals surface area (Å²) in [6, 6.07) is 15.0. The summed E-state index contributed by atoms with van der Waals surface area (Å²) in [5.74, 6) is -0.0868. The maximum Gasteiger partial charge on any atom is 0.278 e. The molecule has 1 atom stereocenters. The molecule has 1 unspecified atom stereocenters. The molecule has 2 heterocycles. The first-order chi connectivity index (χ1) is 14.9. The monoisotopic (exact) mass is 438 g/mol. The molecule has 1 fully saturated rings. The first-order valence-corrected chi connectivity index (χ1v) is 11.5. The van der Waals surface area contributed by atoms with Crippen molar-refractivity contribution in [1.82, 2.24) is 10.2 Å². The van der Waals surface area contributed by atoms with Crippen molar-refractivity contribution < 1.29 is 18.7 Å². The molecule has 9 heteroatoms. The molecule has 160 valence electrons. The summed E-state index contributed by atoms with van der Waals surface area (Å²) < 4.78 is 22.4. The van der Waals surface area contributed by atoms with Crippen molar-refractivity contribution in [2.24, 2.45) is 0 Å². The van der Waals surface area contributed by atoms with Gasteiger partial charge in [-0.15, -0.1) is 0 Å². The van der Waals surface area contributed by atoms with Gasteiger partial charge >= 0.3 is 0 Å². The molecule has 8 nitrogen and oxygen atoms in total. The normalized spacial score (nSPS) is 19.1. The summed E-state index contributed by atoms with van der Waals surface area (Å²) in [5, 5.41) is 9.94. The number of aromatic nitrogens is 2. The van der Waals surface area contributed by atoms with Gasteiger partial charge in [0.15, 0.2) is 5.82 Å². The van der Waals surface area contributed by atoms with Gasteiger partial charge in [0.1, 0.15) is 0 Å². The van der Waals surface area contributed by atoms with Crippen LogP contribution in [0.1, 0.15) is 53.2 Å². The number of fused-ring (bicyclic) bond motifs is 1. The third-order valence-electron chi connectivity index (χ3n) is 5.74. The first kappa shape index (κ1) is 19.8. The van der Waals surface area contributed by atoms with Gasteiger partial charge in [-0.1, -0.05) is 35.0 Å². The van der Waals surface area contributed by atoms with Gasteiger partial charge in [-0.3, -0.25) is 23.8 Å². The molecule has 4 N–H and O–H groups in total. The predicted octanol–water partition coefficient (Wildman–Crippen LogP) is 4.71. The second-order valence-corrected chi connectivity index (χ2v) is 9.74. The minimum Gasteiger partial charge on any atom is -0.309 e. The number of hydrogen-bond acceptors (Lipinski definition) is 5. The zero-order valence-electron chi connectivity index (χ0n) is 16.8. The first-order valence-electron chi connectivity index (χ1n) is 10.0. The molecule has 1 aliphatic carbocycles. The van der Waals surface area contributed by atoms with E-state index in [9.17, 15) is 18.7 Å². The van der Waals surface area contributed by atoms with Gasteiger partial charge in [0.25, 0.3) is 5.91 Å². The van der Waals surface area contributed by atoms with Gasteiger partial charge in [0.2, 0.25) is 5.91 Å². The molecule has 2 aliphatic rings. The van der Waals surface area contributed by atoms with Gasteiger partial charge in [-0.2, -0.15) is 9.40 Å². The molecule has 0 spiro atoms. The van der Waals surface area contributed by atoms with E-state index in [1.807, 2.05) is 6.07 Å². The Kier molecular flexibility index (Phi) is 4.62. The minimum absolute atomic E-state index is 0.199. The number of H-pyrrole nitrogens is 1. The number of nitrogens with zero attached hydrogens (tertiary/aromatic N) is 2. The molecule has 2 amide bonds. The van der Waals surface area contributed by atoms with Crippen molar-refractivity contribution >= 4 is 34.1 Å². The van der Waals surface area contributed by atoms with E-state index in [4.69, 9.17) is 0 Å². The van der Waals surface area contributed by atoms with Crippen molar-refractivity contribution in [3.05, 3.63) is 71.4 Å². The molecule has 31 heavy (non-hydrogen) atoms. The van der Waals surface area contributed by atoms with E-state index in [1.165, 1.54) is 0 Å². The number of nitrogens with one attached hydrogen (secondary N) is 2. The van der Waals surface area contributed by atoms with Gasteiger partial charge in [-0.05, 0) is 49.6 Å². The number of hydrogen-bond donors (Lipinski definition) is 4. The molecule has 1 aliphatic heterocycles. The minimum atomic E-state index is -3.45. The summed E-state index contributed by atoms with van der Waals surface area (Å²) in [4.78, 5) is 25.6. The van der Waals surface area contributed by atoms with Crippen LogP contribution in [0, 0.1) is 0 Å². The molecular formula is C22H22N4O4S. The average molecular weight is 439 g/mol. The number of anilines is 2. The summed E-state index contributed by atoms with van der Waals surface area (Å²) in [5.41, 5.74) is 2.42.